The maximum absolute atomic E-state index is 11.9. The number of hydrogen-bond donors (Lipinski definition) is 0. The second-order valence-electron chi connectivity index (χ2n) is 1.47. The van der Waals surface area contributed by atoms with E-state index in [1.807, 2.05) is 0 Å². The van der Waals surface area contributed by atoms with Gasteiger partial charge in [0.15, 0.2) is 12.0 Å². The van der Waals surface area contributed by atoms with Crippen LogP contribution in [0.5, 0.6) is 0 Å². The van der Waals surface area contributed by atoms with Gasteiger partial charge in [0.2, 0.25) is 0 Å². The van der Waals surface area contributed by atoms with Crippen molar-refractivity contribution in [3.05, 3.63) is 12.2 Å². The van der Waals surface area contributed by atoms with Crippen molar-refractivity contribution in [2.24, 2.45) is 0 Å². The van der Waals surface area contributed by atoms with E-state index < -0.39 is 18.0 Å². The molecule has 0 bridgehead atoms. The maximum atomic E-state index is 11.9. The summed E-state index contributed by atoms with van der Waals surface area (Å²) in [7, 11) is 0. The molecule has 0 heterocycles. The highest BCUT2D eigenvalue weighted by Crippen LogP contribution is 2.03. The van der Waals surface area contributed by atoms with Gasteiger partial charge in [-0.15, -0.1) is 0 Å². The van der Waals surface area contributed by atoms with Crippen LogP contribution in [0.3, 0.4) is 0 Å². The first kappa shape index (κ1) is 8.20. The van der Waals surface area contributed by atoms with Gasteiger partial charge in [-0.3, -0.25) is 4.79 Å². The summed E-state index contributed by atoms with van der Waals surface area (Å²) in [6.45, 7) is 0.907. The lowest BCUT2D eigenvalue weighted by molar-refractivity contribution is -0.120. The van der Waals surface area contributed by atoms with E-state index in [1.54, 1.807) is 0 Å². The van der Waals surface area contributed by atoms with Crippen molar-refractivity contribution in [1.82, 2.24) is 0 Å². The fourth-order valence-corrected chi connectivity index (χ4v) is 0.228. The smallest absolute Gasteiger partial charge is 0.269 e. The van der Waals surface area contributed by atoms with Crippen molar-refractivity contribution in [3.8, 4) is 0 Å². The topological polar surface area (TPSA) is 17.1 Å². The number of hydrogen-bond acceptors (Lipinski definition) is 1. The lowest BCUT2D eigenvalue weighted by Crippen LogP contribution is -2.07. The van der Waals surface area contributed by atoms with E-state index in [9.17, 15) is 18.0 Å². The van der Waals surface area contributed by atoms with Gasteiger partial charge in [0, 0.05) is 6.08 Å². The van der Waals surface area contributed by atoms with Gasteiger partial charge in [-0.05, 0) is 6.92 Å². The van der Waals surface area contributed by atoms with E-state index in [-0.39, 0.29) is 6.08 Å². The molecule has 0 amide bonds. The van der Waals surface area contributed by atoms with Gasteiger partial charge in [-0.1, -0.05) is 0 Å². The van der Waals surface area contributed by atoms with E-state index in [4.69, 9.17) is 0 Å². The summed E-state index contributed by atoms with van der Waals surface area (Å²) in [5.41, 5.74) is 0. The number of alkyl halides is 1. The van der Waals surface area contributed by atoms with Gasteiger partial charge in [-0.2, -0.15) is 8.78 Å². The zero-order valence-corrected chi connectivity index (χ0v) is 4.70. The molecule has 1 nitrogen and oxygen atoms in total. The van der Waals surface area contributed by atoms with Crippen molar-refractivity contribution >= 4 is 5.78 Å². The first-order valence-electron chi connectivity index (χ1n) is 2.21. The molecule has 0 fully saturated rings. The second kappa shape index (κ2) is 3.27. The standard InChI is InChI=1S/C5H5F3O/c1-3(9)4(6)2-5(7)8/h2,4H,1H3. The van der Waals surface area contributed by atoms with Crippen LogP contribution in [0.4, 0.5) is 13.2 Å². The fraction of sp³-hybridized carbons (Fsp3) is 0.400. The van der Waals surface area contributed by atoms with Crippen LogP contribution in [0, 0.1) is 0 Å². The van der Waals surface area contributed by atoms with Crippen LogP contribution in [-0.2, 0) is 4.79 Å². The molecule has 0 spiro atoms. The fourth-order valence-electron chi connectivity index (χ4n) is 0.228. The highest BCUT2D eigenvalue weighted by molar-refractivity contribution is 5.82. The molecule has 0 saturated carbocycles. The zero-order chi connectivity index (χ0) is 7.44. The normalized spacial score (nSPS) is 12.4. The maximum Gasteiger partial charge on any atom is 0.269 e. The molecular weight excluding hydrogens is 133 g/mol. The minimum atomic E-state index is -2.17. The van der Waals surface area contributed by atoms with Gasteiger partial charge >= 0.3 is 0 Å². The monoisotopic (exact) mass is 138 g/mol. The number of carbonyl (C=O) groups is 1. The largest absolute Gasteiger partial charge is 0.296 e. The molecule has 0 aliphatic carbocycles. The Labute approximate surface area is 50.2 Å². The van der Waals surface area contributed by atoms with Gasteiger partial charge in [0.25, 0.3) is 6.08 Å². The Morgan fingerprint density at radius 2 is 2.00 bits per heavy atom. The molecule has 0 rings (SSSR count). The molecular formula is C5H5F3O. The van der Waals surface area contributed by atoms with Crippen molar-refractivity contribution in [2.75, 3.05) is 0 Å². The Morgan fingerprint density at radius 1 is 1.56 bits per heavy atom. The van der Waals surface area contributed by atoms with E-state index in [1.165, 1.54) is 0 Å². The Balaban J connectivity index is 3.91. The Morgan fingerprint density at radius 3 is 2.11 bits per heavy atom. The summed E-state index contributed by atoms with van der Waals surface area (Å²) in [4.78, 5) is 9.93. The second-order valence-corrected chi connectivity index (χ2v) is 1.47. The molecule has 0 N–H and O–H groups in total. The molecule has 0 aliphatic heterocycles. The first-order valence-corrected chi connectivity index (χ1v) is 2.21. The summed E-state index contributed by atoms with van der Waals surface area (Å²) in [5, 5.41) is 0. The predicted molar refractivity (Wildman–Crippen MR) is 25.9 cm³/mol. The molecule has 0 aromatic heterocycles. The van der Waals surface area contributed by atoms with Crippen LogP contribution < -0.4 is 0 Å². The van der Waals surface area contributed by atoms with Crippen LogP contribution in [0.1, 0.15) is 6.92 Å². The SMILES string of the molecule is CC(=O)C(F)C=C(F)F. The number of ketones is 1. The van der Waals surface area contributed by atoms with Crippen LogP contribution in [0.15, 0.2) is 12.2 Å². The van der Waals surface area contributed by atoms with Crippen molar-refractivity contribution < 1.29 is 18.0 Å². The summed E-state index contributed by atoms with van der Waals surface area (Å²) in [6, 6.07) is 0. The van der Waals surface area contributed by atoms with E-state index in [0.717, 1.165) is 6.92 Å². The lowest BCUT2D eigenvalue weighted by atomic mass is 10.3. The number of rotatable bonds is 2. The molecule has 0 radical (unpaired) electrons. The van der Waals surface area contributed by atoms with E-state index >= 15 is 0 Å². The molecule has 4 heteroatoms. The highest BCUT2D eigenvalue weighted by atomic mass is 19.3. The predicted octanol–water partition coefficient (Wildman–Crippen LogP) is 1.69. The Kier molecular flexibility index (Phi) is 2.98. The lowest BCUT2D eigenvalue weighted by Gasteiger charge is -1.91. The Bertz CT molecular complexity index is 137. The van der Waals surface area contributed by atoms with Crippen LogP contribution >= 0.6 is 0 Å². The summed E-state index contributed by atoms with van der Waals surface area (Å²) in [6.07, 6.45) is -4.35. The van der Waals surface area contributed by atoms with Crippen LogP contribution in [-0.4, -0.2) is 12.0 Å². The number of halogens is 3. The number of allylic oxidation sites excluding steroid dienone is 1. The van der Waals surface area contributed by atoms with E-state index in [2.05, 4.69) is 0 Å². The molecule has 9 heavy (non-hydrogen) atoms. The minimum absolute atomic E-state index is 0.0255. The third-order valence-electron chi connectivity index (χ3n) is 0.661. The van der Waals surface area contributed by atoms with Crippen molar-refractivity contribution in [3.63, 3.8) is 0 Å². The first-order chi connectivity index (χ1) is 4.04. The average molecular weight is 138 g/mol. The van der Waals surface area contributed by atoms with Gasteiger partial charge in [-0.25, -0.2) is 4.39 Å². The molecule has 0 aromatic rings. The molecule has 1 unspecified atom stereocenters. The Hall–Kier alpha value is -0.800. The third kappa shape index (κ3) is 3.76. The van der Waals surface area contributed by atoms with Gasteiger partial charge in [0.1, 0.15) is 0 Å². The summed E-state index contributed by atoms with van der Waals surface area (Å²) < 4.78 is 34.1. The molecule has 0 aromatic carbocycles. The highest BCUT2D eigenvalue weighted by Gasteiger charge is 2.09. The van der Waals surface area contributed by atoms with Crippen LogP contribution in [0.2, 0.25) is 0 Å². The number of Topliss-reactive ketones (excluding diaryl/α,β-unsaturated/α-hetero) is 1. The van der Waals surface area contributed by atoms with Crippen LogP contribution in [0.25, 0.3) is 0 Å². The van der Waals surface area contributed by atoms with Gasteiger partial charge < -0.3 is 0 Å². The van der Waals surface area contributed by atoms with E-state index in [0.29, 0.717) is 0 Å². The molecule has 52 valence electrons. The zero-order valence-electron chi connectivity index (χ0n) is 4.70. The third-order valence-corrected chi connectivity index (χ3v) is 0.661. The minimum Gasteiger partial charge on any atom is -0.296 e. The van der Waals surface area contributed by atoms with Gasteiger partial charge in [0.05, 0.1) is 0 Å². The van der Waals surface area contributed by atoms with Crippen molar-refractivity contribution in [2.45, 2.75) is 13.1 Å². The average Bonchev–Trinajstić information content (AvgIpc) is 1.63. The summed E-state index contributed by atoms with van der Waals surface area (Å²) >= 11 is 0. The molecule has 1 atom stereocenters. The quantitative estimate of drug-likeness (QED) is 0.567. The summed E-state index contributed by atoms with van der Waals surface area (Å²) in [5.74, 6) is -0.914. The number of carbonyl (C=O) groups excluding carboxylic acids is 1. The molecule has 0 saturated heterocycles. The van der Waals surface area contributed by atoms with Crippen molar-refractivity contribution in [1.29, 1.82) is 0 Å². The molecule has 0 aliphatic rings.